The molecule has 1 aromatic heterocycles. The molecule has 2 aliphatic carbocycles. The number of amides is 3. The molecule has 2 aromatic carbocycles. The smallest absolute Gasteiger partial charge is 0.256 e. The Morgan fingerprint density at radius 1 is 1.05 bits per heavy atom. The first-order valence-corrected chi connectivity index (χ1v) is 13.1. The molecule has 7 rings (SSSR count). The third-order valence-corrected chi connectivity index (χ3v) is 8.61. The number of carbonyl (C=O) groups is 3. The molecule has 2 N–H and O–H groups in total. The number of benzene rings is 2. The van der Waals surface area contributed by atoms with Crippen LogP contribution in [0.5, 0.6) is 0 Å². The largest absolute Gasteiger partial charge is 0.325 e. The van der Waals surface area contributed by atoms with Crippen molar-refractivity contribution in [3.05, 3.63) is 88.1 Å². The summed E-state index contributed by atoms with van der Waals surface area (Å²) in [6.45, 7) is -0.160. The van der Waals surface area contributed by atoms with Crippen LogP contribution in [-0.2, 0) is 32.6 Å². The molecule has 3 amide bonds. The van der Waals surface area contributed by atoms with E-state index in [0.29, 0.717) is 53.6 Å². The van der Waals surface area contributed by atoms with Gasteiger partial charge >= 0.3 is 0 Å². The molecule has 4 aliphatic rings. The molecule has 38 heavy (non-hydrogen) atoms. The highest BCUT2D eigenvalue weighted by Crippen LogP contribution is 2.47. The highest BCUT2D eigenvalue weighted by molar-refractivity contribution is 6.35. The summed E-state index contributed by atoms with van der Waals surface area (Å²) in [5, 5.41) is 6.35. The Morgan fingerprint density at radius 2 is 1.87 bits per heavy atom. The topological polar surface area (TPSA) is 104 Å². The minimum atomic E-state index is -0.774. The number of fused-ring (bicyclic) bond motifs is 3. The van der Waals surface area contributed by atoms with Gasteiger partial charge in [-0.1, -0.05) is 35.9 Å². The van der Waals surface area contributed by atoms with Crippen molar-refractivity contribution in [2.45, 2.75) is 43.1 Å². The second-order valence-electron chi connectivity index (χ2n) is 10.5. The molecule has 2 spiro atoms. The Balaban J connectivity index is 1.11. The van der Waals surface area contributed by atoms with Crippen LogP contribution in [0.2, 0.25) is 5.02 Å². The number of hydrogen-bond donors (Lipinski definition) is 2. The van der Waals surface area contributed by atoms with Crippen LogP contribution in [0, 0.1) is 0 Å². The molecule has 8 nitrogen and oxygen atoms in total. The SMILES string of the molecule is O=C(CN1C(=O)C2(CCC2)N=C1c1ccccc1Cl)Nc1ccc2c(c1)C[C@@]1(C2)C(=O)Nc2ncccc21. The lowest BCUT2D eigenvalue weighted by molar-refractivity contribution is -0.136. The fourth-order valence-electron chi connectivity index (χ4n) is 6.18. The Morgan fingerprint density at radius 3 is 2.66 bits per heavy atom. The van der Waals surface area contributed by atoms with Gasteiger partial charge in [-0.05, 0) is 73.6 Å². The van der Waals surface area contributed by atoms with E-state index >= 15 is 0 Å². The molecular weight excluding hydrogens is 502 g/mol. The third-order valence-electron chi connectivity index (χ3n) is 8.28. The Hall–Kier alpha value is -4.04. The Bertz CT molecular complexity index is 1580. The zero-order valence-electron chi connectivity index (χ0n) is 20.5. The van der Waals surface area contributed by atoms with Gasteiger partial charge in [0, 0.05) is 23.0 Å². The fourth-order valence-corrected chi connectivity index (χ4v) is 6.40. The summed E-state index contributed by atoms with van der Waals surface area (Å²) in [6.07, 6.45) is 5.08. The van der Waals surface area contributed by atoms with Gasteiger partial charge in [0.05, 0.1) is 10.4 Å². The summed E-state index contributed by atoms with van der Waals surface area (Å²) in [5.41, 5.74) is 2.82. The summed E-state index contributed by atoms with van der Waals surface area (Å²) in [7, 11) is 0. The van der Waals surface area contributed by atoms with Crippen molar-refractivity contribution in [3.8, 4) is 0 Å². The number of amidine groups is 1. The summed E-state index contributed by atoms with van der Waals surface area (Å²) in [6, 6.07) is 16.8. The molecule has 3 aromatic rings. The van der Waals surface area contributed by atoms with Crippen molar-refractivity contribution >= 4 is 46.7 Å². The molecule has 2 aliphatic heterocycles. The van der Waals surface area contributed by atoms with Crippen LogP contribution in [0.15, 0.2) is 65.8 Å². The minimum Gasteiger partial charge on any atom is -0.325 e. The van der Waals surface area contributed by atoms with E-state index in [-0.39, 0.29) is 24.3 Å². The maximum atomic E-state index is 13.4. The predicted octanol–water partition coefficient (Wildman–Crippen LogP) is 3.87. The predicted molar refractivity (Wildman–Crippen MR) is 143 cm³/mol. The van der Waals surface area contributed by atoms with Crippen molar-refractivity contribution in [3.63, 3.8) is 0 Å². The molecular formula is C29H24ClN5O3. The number of carbonyl (C=O) groups excluding carboxylic acids is 3. The van der Waals surface area contributed by atoms with Gasteiger partial charge < -0.3 is 10.6 Å². The molecule has 190 valence electrons. The minimum absolute atomic E-state index is 0.0446. The number of nitrogens with one attached hydrogen (secondary N) is 2. The molecule has 0 unspecified atom stereocenters. The number of aliphatic imine (C=N–C) groups is 1. The molecule has 1 saturated carbocycles. The molecule has 1 atom stereocenters. The van der Waals surface area contributed by atoms with Gasteiger partial charge in [-0.3, -0.25) is 24.3 Å². The van der Waals surface area contributed by atoms with E-state index in [0.717, 1.165) is 23.1 Å². The normalized spacial score (nSPS) is 22.2. The van der Waals surface area contributed by atoms with E-state index in [4.69, 9.17) is 16.6 Å². The first-order chi connectivity index (χ1) is 18.4. The maximum Gasteiger partial charge on any atom is 0.256 e. The van der Waals surface area contributed by atoms with Crippen LogP contribution in [-0.4, -0.2) is 45.5 Å². The number of rotatable bonds is 4. The highest BCUT2D eigenvalue weighted by Gasteiger charge is 2.53. The average Bonchev–Trinajstić information content (AvgIpc) is 3.50. The van der Waals surface area contributed by atoms with Crippen LogP contribution in [0.1, 0.15) is 41.5 Å². The lowest BCUT2D eigenvalue weighted by atomic mass is 9.77. The van der Waals surface area contributed by atoms with Gasteiger partial charge in [0.1, 0.15) is 23.7 Å². The van der Waals surface area contributed by atoms with E-state index < -0.39 is 11.0 Å². The maximum absolute atomic E-state index is 13.4. The first-order valence-electron chi connectivity index (χ1n) is 12.7. The van der Waals surface area contributed by atoms with Crippen molar-refractivity contribution < 1.29 is 14.4 Å². The monoisotopic (exact) mass is 525 g/mol. The Labute approximate surface area is 224 Å². The molecule has 3 heterocycles. The molecule has 0 bridgehead atoms. The summed E-state index contributed by atoms with van der Waals surface area (Å²) in [4.78, 5) is 50.1. The van der Waals surface area contributed by atoms with Gasteiger partial charge in [-0.25, -0.2) is 4.98 Å². The van der Waals surface area contributed by atoms with Crippen molar-refractivity contribution in [2.75, 3.05) is 17.2 Å². The zero-order valence-corrected chi connectivity index (χ0v) is 21.2. The van der Waals surface area contributed by atoms with Crippen molar-refractivity contribution in [1.82, 2.24) is 9.88 Å². The molecule has 9 heteroatoms. The second kappa shape index (κ2) is 8.23. The van der Waals surface area contributed by atoms with Crippen LogP contribution >= 0.6 is 11.6 Å². The average molecular weight is 526 g/mol. The standard InChI is InChI=1S/C29H24ClN5O3/c30-22-7-2-1-5-20(22)25-34-29(10-4-11-29)27(38)35(25)16-23(36)32-19-9-8-17-14-28(15-18(17)13-19)21-6-3-12-31-24(21)33-26(28)37/h1-3,5-9,12-13H,4,10-11,14-16H2,(H,32,36)(H,31,33,37)/t28-/m1/s1. The number of nitrogens with zero attached hydrogens (tertiary/aromatic N) is 3. The second-order valence-corrected chi connectivity index (χ2v) is 10.9. The van der Waals surface area contributed by atoms with Gasteiger partial charge in [0.2, 0.25) is 11.8 Å². The van der Waals surface area contributed by atoms with E-state index in [1.165, 1.54) is 4.90 Å². The van der Waals surface area contributed by atoms with Gasteiger partial charge in [-0.2, -0.15) is 0 Å². The van der Waals surface area contributed by atoms with Crippen LogP contribution in [0.3, 0.4) is 0 Å². The fraction of sp³-hybridized carbons (Fsp3) is 0.276. The molecule has 1 fully saturated rings. The van der Waals surface area contributed by atoms with Crippen LogP contribution in [0.25, 0.3) is 0 Å². The number of pyridine rings is 1. The van der Waals surface area contributed by atoms with E-state index in [1.807, 2.05) is 48.5 Å². The van der Waals surface area contributed by atoms with Gasteiger partial charge in [0.25, 0.3) is 5.91 Å². The number of hydrogen-bond acceptors (Lipinski definition) is 5. The van der Waals surface area contributed by atoms with Crippen LogP contribution in [0.4, 0.5) is 11.5 Å². The Kier molecular flexibility index (Phi) is 5.00. The van der Waals surface area contributed by atoms with Gasteiger partial charge in [-0.15, -0.1) is 0 Å². The highest BCUT2D eigenvalue weighted by atomic mass is 35.5. The number of anilines is 2. The van der Waals surface area contributed by atoms with Gasteiger partial charge in [0.15, 0.2) is 0 Å². The lowest BCUT2D eigenvalue weighted by Gasteiger charge is -2.33. The molecule has 0 radical (unpaired) electrons. The van der Waals surface area contributed by atoms with Crippen molar-refractivity contribution in [2.24, 2.45) is 4.99 Å². The van der Waals surface area contributed by atoms with Crippen LogP contribution < -0.4 is 10.6 Å². The number of halogens is 1. The third kappa shape index (κ3) is 3.33. The summed E-state index contributed by atoms with van der Waals surface area (Å²) >= 11 is 6.43. The van der Waals surface area contributed by atoms with E-state index in [9.17, 15) is 14.4 Å². The lowest BCUT2D eigenvalue weighted by Crippen LogP contribution is -2.49. The quantitative estimate of drug-likeness (QED) is 0.539. The first kappa shape index (κ1) is 23.1. The van der Waals surface area contributed by atoms with E-state index in [1.54, 1.807) is 12.3 Å². The molecule has 0 saturated heterocycles. The summed E-state index contributed by atoms with van der Waals surface area (Å²) in [5.74, 6) is 0.552. The zero-order chi connectivity index (χ0) is 26.1. The number of aromatic nitrogens is 1. The van der Waals surface area contributed by atoms with E-state index in [2.05, 4.69) is 15.6 Å². The van der Waals surface area contributed by atoms with Crippen molar-refractivity contribution in [1.29, 1.82) is 0 Å². The summed E-state index contributed by atoms with van der Waals surface area (Å²) < 4.78 is 0.